The maximum atomic E-state index is 13.8. The Morgan fingerprint density at radius 1 is 1.12 bits per heavy atom. The number of nitrogens with zero attached hydrogens (tertiary/aromatic N) is 1. The topological polar surface area (TPSA) is 86.5 Å². The average Bonchev–Trinajstić information content (AvgIpc) is 2.79. The second kappa shape index (κ2) is 11.2. The van der Waals surface area contributed by atoms with E-state index in [1.54, 1.807) is 18.3 Å². The van der Waals surface area contributed by atoms with E-state index in [2.05, 4.69) is 10.3 Å². The molecule has 0 fully saturated rings. The van der Waals surface area contributed by atoms with Gasteiger partial charge in [0.25, 0.3) is 0 Å². The number of anilines is 1. The van der Waals surface area contributed by atoms with Gasteiger partial charge in [0.05, 0.1) is 17.8 Å². The molecule has 168 valence electrons. The number of carbonyl (C=O) groups is 1. The SMILES string of the molecule is CC(C)OCC[C@H](NC(=O)OCc1ccccc1)c1cc(-c2cc(F)ccc2N)ccn1. The second-order valence-corrected chi connectivity index (χ2v) is 7.67. The lowest BCUT2D eigenvalue weighted by atomic mass is 10.0. The number of ether oxygens (including phenoxy) is 2. The van der Waals surface area contributed by atoms with Gasteiger partial charge in [-0.05, 0) is 61.7 Å². The van der Waals surface area contributed by atoms with Crippen molar-refractivity contribution in [1.29, 1.82) is 0 Å². The average molecular weight is 438 g/mol. The van der Waals surface area contributed by atoms with Crippen LogP contribution in [0.25, 0.3) is 11.1 Å². The Bertz CT molecular complexity index is 1030. The molecule has 1 heterocycles. The Balaban J connectivity index is 1.77. The van der Waals surface area contributed by atoms with E-state index >= 15 is 0 Å². The number of alkyl carbamates (subject to hydrolysis) is 1. The highest BCUT2D eigenvalue weighted by molar-refractivity contribution is 5.76. The zero-order chi connectivity index (χ0) is 22.9. The Hall–Kier alpha value is -3.45. The van der Waals surface area contributed by atoms with E-state index < -0.39 is 12.1 Å². The number of halogens is 1. The van der Waals surface area contributed by atoms with E-state index in [4.69, 9.17) is 15.2 Å². The molecule has 1 amide bonds. The van der Waals surface area contributed by atoms with E-state index in [1.807, 2.05) is 44.2 Å². The molecule has 3 rings (SSSR count). The van der Waals surface area contributed by atoms with Crippen LogP contribution in [0.1, 0.15) is 37.6 Å². The van der Waals surface area contributed by atoms with E-state index in [9.17, 15) is 9.18 Å². The van der Waals surface area contributed by atoms with Gasteiger partial charge < -0.3 is 20.5 Å². The van der Waals surface area contributed by atoms with Crippen molar-refractivity contribution >= 4 is 11.8 Å². The van der Waals surface area contributed by atoms with Gasteiger partial charge in [-0.3, -0.25) is 4.98 Å². The fraction of sp³-hybridized carbons (Fsp3) is 0.280. The summed E-state index contributed by atoms with van der Waals surface area (Å²) in [6.45, 7) is 4.48. The summed E-state index contributed by atoms with van der Waals surface area (Å²) in [7, 11) is 0. The maximum Gasteiger partial charge on any atom is 0.408 e. The Morgan fingerprint density at radius 2 is 1.91 bits per heavy atom. The summed E-state index contributed by atoms with van der Waals surface area (Å²) in [5.74, 6) is -0.378. The molecule has 0 aliphatic heterocycles. The molecule has 0 saturated heterocycles. The molecule has 1 atom stereocenters. The van der Waals surface area contributed by atoms with Gasteiger partial charge in [0.2, 0.25) is 0 Å². The predicted molar refractivity (Wildman–Crippen MR) is 122 cm³/mol. The van der Waals surface area contributed by atoms with Gasteiger partial charge in [-0.15, -0.1) is 0 Å². The first-order valence-electron chi connectivity index (χ1n) is 10.5. The largest absolute Gasteiger partial charge is 0.445 e. The summed E-state index contributed by atoms with van der Waals surface area (Å²) >= 11 is 0. The minimum Gasteiger partial charge on any atom is -0.445 e. The summed E-state index contributed by atoms with van der Waals surface area (Å²) in [5.41, 5.74) is 9.27. The molecule has 0 saturated carbocycles. The quantitative estimate of drug-likeness (QED) is 0.446. The van der Waals surface area contributed by atoms with Crippen molar-refractivity contribution in [2.24, 2.45) is 0 Å². The number of nitrogens with one attached hydrogen (secondary N) is 1. The highest BCUT2D eigenvalue weighted by Crippen LogP contribution is 2.28. The first-order chi connectivity index (χ1) is 15.4. The zero-order valence-electron chi connectivity index (χ0n) is 18.3. The lowest BCUT2D eigenvalue weighted by Crippen LogP contribution is -2.30. The number of carbonyl (C=O) groups excluding carboxylic acids is 1. The van der Waals surface area contributed by atoms with Crippen LogP contribution in [0.15, 0.2) is 66.9 Å². The van der Waals surface area contributed by atoms with E-state index in [0.717, 1.165) is 5.56 Å². The highest BCUT2D eigenvalue weighted by atomic mass is 19.1. The molecular formula is C25H28FN3O3. The third kappa shape index (κ3) is 6.78. The molecule has 1 aromatic heterocycles. The van der Waals surface area contributed by atoms with Gasteiger partial charge in [0.15, 0.2) is 0 Å². The summed E-state index contributed by atoms with van der Waals surface area (Å²) in [6, 6.07) is 16.8. The van der Waals surface area contributed by atoms with Crippen LogP contribution in [-0.2, 0) is 16.1 Å². The third-order valence-electron chi connectivity index (χ3n) is 4.83. The number of rotatable bonds is 9. The number of benzene rings is 2. The molecule has 0 bridgehead atoms. The molecule has 0 radical (unpaired) electrons. The molecule has 0 unspecified atom stereocenters. The second-order valence-electron chi connectivity index (χ2n) is 7.67. The third-order valence-corrected chi connectivity index (χ3v) is 4.83. The van der Waals surface area contributed by atoms with Crippen LogP contribution in [0.4, 0.5) is 14.9 Å². The number of pyridine rings is 1. The van der Waals surface area contributed by atoms with Crippen molar-refractivity contribution in [2.45, 2.75) is 39.0 Å². The summed E-state index contributed by atoms with van der Waals surface area (Å²) < 4.78 is 24.8. The number of nitrogen functional groups attached to an aromatic ring is 1. The van der Waals surface area contributed by atoms with Gasteiger partial charge in [-0.25, -0.2) is 9.18 Å². The molecule has 7 heteroatoms. The van der Waals surface area contributed by atoms with Crippen LogP contribution in [-0.4, -0.2) is 23.8 Å². The predicted octanol–water partition coefficient (Wildman–Crippen LogP) is 5.25. The van der Waals surface area contributed by atoms with Crippen molar-refractivity contribution in [3.8, 4) is 11.1 Å². The standard InChI is InChI=1S/C25H28FN3O3/c1-17(2)31-13-11-23(29-25(30)32-16-18-6-4-3-5-7-18)24-14-19(10-12-28-24)21-15-20(26)8-9-22(21)27/h3-10,12,14-15,17,23H,11,13,16,27H2,1-2H3,(H,29,30)/t23-/m0/s1. The summed E-state index contributed by atoms with van der Waals surface area (Å²) in [5, 5.41) is 2.87. The minimum atomic E-state index is -0.555. The molecule has 3 aromatic rings. The lowest BCUT2D eigenvalue weighted by molar-refractivity contribution is 0.0699. The Kier molecular flexibility index (Phi) is 8.16. The monoisotopic (exact) mass is 437 g/mol. The van der Waals surface area contributed by atoms with E-state index in [-0.39, 0.29) is 18.5 Å². The van der Waals surface area contributed by atoms with Crippen LogP contribution >= 0.6 is 0 Å². The maximum absolute atomic E-state index is 13.8. The zero-order valence-corrected chi connectivity index (χ0v) is 18.3. The normalized spacial score (nSPS) is 11.9. The first kappa shape index (κ1) is 23.2. The van der Waals surface area contributed by atoms with E-state index in [0.29, 0.717) is 35.5 Å². The van der Waals surface area contributed by atoms with Crippen LogP contribution in [0.5, 0.6) is 0 Å². The number of nitrogens with two attached hydrogens (primary N) is 1. The molecule has 2 aromatic carbocycles. The number of hydrogen-bond donors (Lipinski definition) is 2. The fourth-order valence-electron chi connectivity index (χ4n) is 3.21. The number of aromatic nitrogens is 1. The number of hydrogen-bond acceptors (Lipinski definition) is 5. The van der Waals surface area contributed by atoms with Crippen LogP contribution < -0.4 is 11.1 Å². The Labute approximate surface area is 187 Å². The van der Waals surface area contributed by atoms with Crippen molar-refractivity contribution in [3.05, 3.63) is 83.9 Å². The van der Waals surface area contributed by atoms with Crippen molar-refractivity contribution in [1.82, 2.24) is 10.3 Å². The molecule has 32 heavy (non-hydrogen) atoms. The van der Waals surface area contributed by atoms with Crippen LogP contribution in [0, 0.1) is 5.82 Å². The van der Waals surface area contributed by atoms with Gasteiger partial charge in [-0.1, -0.05) is 30.3 Å². The van der Waals surface area contributed by atoms with Gasteiger partial charge in [0.1, 0.15) is 12.4 Å². The Morgan fingerprint density at radius 3 is 2.66 bits per heavy atom. The van der Waals surface area contributed by atoms with Crippen molar-refractivity contribution < 1.29 is 18.7 Å². The molecule has 0 aliphatic rings. The molecule has 6 nitrogen and oxygen atoms in total. The lowest BCUT2D eigenvalue weighted by Gasteiger charge is -2.20. The first-order valence-corrected chi connectivity index (χ1v) is 10.5. The van der Waals surface area contributed by atoms with Crippen molar-refractivity contribution in [2.75, 3.05) is 12.3 Å². The van der Waals surface area contributed by atoms with Crippen molar-refractivity contribution in [3.63, 3.8) is 0 Å². The molecule has 0 aliphatic carbocycles. The molecular weight excluding hydrogens is 409 g/mol. The van der Waals surface area contributed by atoms with Crippen LogP contribution in [0.2, 0.25) is 0 Å². The van der Waals surface area contributed by atoms with E-state index in [1.165, 1.54) is 18.2 Å². The fourth-order valence-corrected chi connectivity index (χ4v) is 3.21. The van der Waals surface area contributed by atoms with Gasteiger partial charge in [-0.2, -0.15) is 0 Å². The smallest absolute Gasteiger partial charge is 0.408 e. The highest BCUT2D eigenvalue weighted by Gasteiger charge is 2.18. The van der Waals surface area contributed by atoms with Crippen LogP contribution in [0.3, 0.4) is 0 Å². The summed E-state index contributed by atoms with van der Waals surface area (Å²) in [4.78, 5) is 16.9. The minimum absolute atomic E-state index is 0.0621. The summed E-state index contributed by atoms with van der Waals surface area (Å²) in [6.07, 6.45) is 1.61. The molecule has 0 spiro atoms. The van der Waals surface area contributed by atoms with Gasteiger partial charge in [0, 0.05) is 24.1 Å². The van der Waals surface area contributed by atoms with Gasteiger partial charge >= 0.3 is 6.09 Å². The number of amides is 1. The molecule has 3 N–H and O–H groups in total.